The molecule has 0 radical (unpaired) electrons. The van der Waals surface area contributed by atoms with Gasteiger partial charge in [-0.15, -0.1) is 0 Å². The first-order chi connectivity index (χ1) is 6.44. The molecule has 2 N–H and O–H groups in total. The van der Waals surface area contributed by atoms with Crippen LogP contribution < -0.4 is 5.73 Å². The molecule has 2 atom stereocenters. The van der Waals surface area contributed by atoms with Crippen molar-refractivity contribution in [1.82, 2.24) is 0 Å². The van der Waals surface area contributed by atoms with Gasteiger partial charge in [0.25, 0.3) is 0 Å². The predicted octanol–water partition coefficient (Wildman–Crippen LogP) is 1.02. The van der Waals surface area contributed by atoms with Crippen molar-refractivity contribution < 1.29 is 8.42 Å². The zero-order chi connectivity index (χ0) is 10.8. The standard InChI is InChI=1S/C10H17NO2S/c1-3-7-10(14(2,12)13)8-5-4-6-9(10)11/h4-6,8-9H,3,7,11H2,1-2H3. The van der Waals surface area contributed by atoms with Crippen LogP contribution >= 0.6 is 0 Å². The molecular weight excluding hydrogens is 198 g/mol. The van der Waals surface area contributed by atoms with Gasteiger partial charge in [-0.05, 0) is 6.42 Å². The molecule has 0 saturated heterocycles. The van der Waals surface area contributed by atoms with Crippen LogP contribution in [0.4, 0.5) is 0 Å². The lowest BCUT2D eigenvalue weighted by molar-refractivity contribution is 0.501. The van der Waals surface area contributed by atoms with E-state index in [0.29, 0.717) is 6.42 Å². The summed E-state index contributed by atoms with van der Waals surface area (Å²) >= 11 is 0. The van der Waals surface area contributed by atoms with Crippen LogP contribution in [0, 0.1) is 0 Å². The summed E-state index contributed by atoms with van der Waals surface area (Å²) in [5, 5.41) is 0. The highest BCUT2D eigenvalue weighted by Gasteiger charge is 2.42. The maximum absolute atomic E-state index is 11.7. The average molecular weight is 215 g/mol. The van der Waals surface area contributed by atoms with Crippen molar-refractivity contribution >= 4 is 9.84 Å². The van der Waals surface area contributed by atoms with E-state index < -0.39 is 20.6 Å². The Kier molecular flexibility index (Phi) is 3.17. The van der Waals surface area contributed by atoms with Crippen LogP contribution in [0.3, 0.4) is 0 Å². The van der Waals surface area contributed by atoms with Gasteiger partial charge in [-0.3, -0.25) is 0 Å². The van der Waals surface area contributed by atoms with Crippen LogP contribution in [0.15, 0.2) is 24.3 Å². The molecule has 0 saturated carbocycles. The largest absolute Gasteiger partial charge is 0.323 e. The van der Waals surface area contributed by atoms with Gasteiger partial charge in [-0.2, -0.15) is 0 Å². The Morgan fingerprint density at radius 2 is 2.07 bits per heavy atom. The lowest BCUT2D eigenvalue weighted by Gasteiger charge is -2.34. The topological polar surface area (TPSA) is 60.2 Å². The van der Waals surface area contributed by atoms with E-state index in [1.54, 1.807) is 24.3 Å². The Hall–Kier alpha value is -0.610. The summed E-state index contributed by atoms with van der Waals surface area (Å²) in [6.07, 6.45) is 9.66. The summed E-state index contributed by atoms with van der Waals surface area (Å²) < 4.78 is 22.6. The molecule has 1 rings (SSSR count). The van der Waals surface area contributed by atoms with Gasteiger partial charge in [0, 0.05) is 12.3 Å². The van der Waals surface area contributed by atoms with E-state index in [2.05, 4.69) is 0 Å². The number of hydrogen-bond donors (Lipinski definition) is 1. The molecule has 0 aromatic heterocycles. The molecule has 0 heterocycles. The van der Waals surface area contributed by atoms with Crippen molar-refractivity contribution in [3.05, 3.63) is 24.3 Å². The smallest absolute Gasteiger partial charge is 0.158 e. The van der Waals surface area contributed by atoms with Gasteiger partial charge in [-0.25, -0.2) is 8.42 Å². The highest BCUT2D eigenvalue weighted by molar-refractivity contribution is 7.92. The molecule has 1 aliphatic carbocycles. The zero-order valence-corrected chi connectivity index (χ0v) is 9.42. The monoisotopic (exact) mass is 215 g/mol. The number of hydrogen-bond acceptors (Lipinski definition) is 3. The molecule has 0 aromatic carbocycles. The lowest BCUT2D eigenvalue weighted by atomic mass is 9.90. The van der Waals surface area contributed by atoms with Crippen molar-refractivity contribution in [2.45, 2.75) is 30.6 Å². The van der Waals surface area contributed by atoms with E-state index in [1.165, 1.54) is 6.26 Å². The zero-order valence-electron chi connectivity index (χ0n) is 8.60. The maximum Gasteiger partial charge on any atom is 0.158 e. The molecule has 14 heavy (non-hydrogen) atoms. The van der Waals surface area contributed by atoms with E-state index in [9.17, 15) is 8.42 Å². The molecule has 4 heteroatoms. The van der Waals surface area contributed by atoms with Gasteiger partial charge in [0.05, 0.1) is 0 Å². The number of sulfone groups is 1. The Balaban J connectivity index is 3.18. The third-order valence-electron chi connectivity index (χ3n) is 2.70. The van der Waals surface area contributed by atoms with Gasteiger partial charge in [0.1, 0.15) is 4.75 Å². The fourth-order valence-electron chi connectivity index (χ4n) is 1.87. The van der Waals surface area contributed by atoms with E-state index in [4.69, 9.17) is 5.73 Å². The van der Waals surface area contributed by atoms with E-state index >= 15 is 0 Å². The van der Waals surface area contributed by atoms with Crippen molar-refractivity contribution in [2.24, 2.45) is 5.73 Å². The third-order valence-corrected chi connectivity index (χ3v) is 4.70. The summed E-state index contributed by atoms with van der Waals surface area (Å²) in [7, 11) is -3.16. The molecule has 0 aromatic rings. The second kappa shape index (κ2) is 3.87. The van der Waals surface area contributed by atoms with Gasteiger partial charge < -0.3 is 5.73 Å². The molecular formula is C10H17NO2S. The first kappa shape index (κ1) is 11.5. The van der Waals surface area contributed by atoms with E-state index in [-0.39, 0.29) is 0 Å². The molecule has 0 amide bonds. The van der Waals surface area contributed by atoms with Crippen LogP contribution in [-0.2, 0) is 9.84 Å². The minimum atomic E-state index is -3.16. The summed E-state index contributed by atoms with van der Waals surface area (Å²) in [6, 6.07) is -0.428. The van der Waals surface area contributed by atoms with Gasteiger partial charge in [0.2, 0.25) is 0 Å². The van der Waals surface area contributed by atoms with Crippen molar-refractivity contribution in [2.75, 3.05) is 6.26 Å². The summed E-state index contributed by atoms with van der Waals surface area (Å²) in [5.74, 6) is 0. The van der Waals surface area contributed by atoms with Crippen LogP contribution in [0.25, 0.3) is 0 Å². The van der Waals surface area contributed by atoms with Gasteiger partial charge >= 0.3 is 0 Å². The Labute approximate surface area is 85.6 Å². The normalized spacial score (nSPS) is 32.1. The molecule has 1 aliphatic rings. The fraction of sp³-hybridized carbons (Fsp3) is 0.600. The molecule has 0 spiro atoms. The lowest BCUT2D eigenvalue weighted by Crippen LogP contribution is -2.51. The Morgan fingerprint density at radius 3 is 2.50 bits per heavy atom. The SMILES string of the molecule is CCCC1(S(C)(=O)=O)C=CC=CC1N. The molecule has 2 unspecified atom stereocenters. The predicted molar refractivity (Wildman–Crippen MR) is 58.7 cm³/mol. The van der Waals surface area contributed by atoms with E-state index in [0.717, 1.165) is 6.42 Å². The highest BCUT2D eigenvalue weighted by atomic mass is 32.2. The number of rotatable bonds is 3. The Bertz CT molecular complexity index is 356. The minimum absolute atomic E-state index is 0.428. The molecule has 0 fully saturated rings. The minimum Gasteiger partial charge on any atom is -0.323 e. The number of nitrogens with two attached hydrogens (primary N) is 1. The summed E-state index contributed by atoms with van der Waals surface area (Å²) in [6.45, 7) is 1.96. The Morgan fingerprint density at radius 1 is 1.43 bits per heavy atom. The third kappa shape index (κ3) is 1.77. The van der Waals surface area contributed by atoms with Crippen LogP contribution in [0.2, 0.25) is 0 Å². The highest BCUT2D eigenvalue weighted by Crippen LogP contribution is 2.30. The maximum atomic E-state index is 11.7. The van der Waals surface area contributed by atoms with Crippen molar-refractivity contribution in [3.8, 4) is 0 Å². The van der Waals surface area contributed by atoms with Crippen LogP contribution in [0.5, 0.6) is 0 Å². The molecule has 0 bridgehead atoms. The fourth-order valence-corrected chi connectivity index (χ4v) is 3.35. The summed E-state index contributed by atoms with van der Waals surface area (Å²) in [5.41, 5.74) is 5.87. The van der Waals surface area contributed by atoms with Crippen LogP contribution in [0.1, 0.15) is 19.8 Å². The van der Waals surface area contributed by atoms with Gasteiger partial charge in [0.15, 0.2) is 9.84 Å². The van der Waals surface area contributed by atoms with Crippen molar-refractivity contribution in [1.29, 1.82) is 0 Å². The summed E-state index contributed by atoms with van der Waals surface area (Å²) in [4.78, 5) is 0. The van der Waals surface area contributed by atoms with Crippen molar-refractivity contribution in [3.63, 3.8) is 0 Å². The van der Waals surface area contributed by atoms with Crippen LogP contribution in [-0.4, -0.2) is 25.5 Å². The molecule has 3 nitrogen and oxygen atoms in total. The van der Waals surface area contributed by atoms with Gasteiger partial charge in [-0.1, -0.05) is 37.6 Å². The average Bonchev–Trinajstić information content (AvgIpc) is 2.07. The molecule has 0 aliphatic heterocycles. The van der Waals surface area contributed by atoms with E-state index in [1.807, 2.05) is 6.92 Å². The first-order valence-electron chi connectivity index (χ1n) is 4.75. The first-order valence-corrected chi connectivity index (χ1v) is 6.64. The number of allylic oxidation sites excluding steroid dienone is 2. The quantitative estimate of drug-likeness (QED) is 0.764. The molecule has 80 valence electrons. The second-order valence-corrected chi connectivity index (χ2v) is 6.05. The second-order valence-electron chi connectivity index (χ2n) is 3.75.